The number of rotatable bonds is 6. The molecule has 0 fully saturated rings. The number of nitrogens with zero attached hydrogens (tertiary/aromatic N) is 3. The number of methoxy groups -OCH3 is 1. The second kappa shape index (κ2) is 10.4. The SMILES string of the molecule is CN=C(NCCCOC)N(C)Cc1cc(Br)cn1C.I. The zero-order chi connectivity index (χ0) is 14.3. The molecular weight excluding hydrogens is 435 g/mol. The fourth-order valence-corrected chi connectivity index (χ4v) is 2.41. The first-order chi connectivity index (χ1) is 9.08. The van der Waals surface area contributed by atoms with Gasteiger partial charge in [-0.2, -0.15) is 0 Å². The molecule has 1 N–H and O–H groups in total. The van der Waals surface area contributed by atoms with Crippen LogP contribution in [0.15, 0.2) is 21.7 Å². The third-order valence-electron chi connectivity index (χ3n) is 2.86. The lowest BCUT2D eigenvalue weighted by Crippen LogP contribution is -2.39. The van der Waals surface area contributed by atoms with Gasteiger partial charge in [0.25, 0.3) is 0 Å². The van der Waals surface area contributed by atoms with Crippen LogP contribution in [0.3, 0.4) is 0 Å². The van der Waals surface area contributed by atoms with Gasteiger partial charge in [0.15, 0.2) is 5.96 Å². The predicted molar refractivity (Wildman–Crippen MR) is 97.8 cm³/mol. The summed E-state index contributed by atoms with van der Waals surface area (Å²) in [6, 6.07) is 2.12. The van der Waals surface area contributed by atoms with Crippen molar-refractivity contribution in [2.75, 3.05) is 34.4 Å². The summed E-state index contributed by atoms with van der Waals surface area (Å²) in [4.78, 5) is 6.39. The van der Waals surface area contributed by atoms with Gasteiger partial charge < -0.3 is 19.5 Å². The van der Waals surface area contributed by atoms with E-state index in [9.17, 15) is 0 Å². The third kappa shape index (κ3) is 6.45. The Bertz CT molecular complexity index is 423. The lowest BCUT2D eigenvalue weighted by atomic mass is 10.4. The second-order valence-corrected chi connectivity index (χ2v) is 5.35. The van der Waals surface area contributed by atoms with Crippen molar-refractivity contribution in [3.63, 3.8) is 0 Å². The van der Waals surface area contributed by atoms with Crippen LogP contribution in [0.2, 0.25) is 0 Å². The standard InChI is InChI=1S/C13H23BrN4O.HI/c1-15-13(16-6-5-7-19-4)18(3)10-12-8-11(14)9-17(12)2;/h8-9H,5-7,10H2,1-4H3,(H,15,16);1H. The molecule has 0 unspecified atom stereocenters. The number of ether oxygens (including phenoxy) is 1. The fourth-order valence-electron chi connectivity index (χ4n) is 1.84. The molecule has 1 aromatic rings. The van der Waals surface area contributed by atoms with E-state index in [0.717, 1.165) is 36.5 Å². The Kier molecular flexibility index (Phi) is 10.3. The Hall–Kier alpha value is -0.280. The van der Waals surface area contributed by atoms with Gasteiger partial charge in [-0.25, -0.2) is 0 Å². The van der Waals surface area contributed by atoms with E-state index in [-0.39, 0.29) is 24.0 Å². The van der Waals surface area contributed by atoms with Crippen LogP contribution in [0.5, 0.6) is 0 Å². The molecule has 0 saturated heterocycles. The molecule has 0 amide bonds. The van der Waals surface area contributed by atoms with Crippen molar-refractivity contribution in [3.8, 4) is 0 Å². The highest BCUT2D eigenvalue weighted by Crippen LogP contribution is 2.14. The number of hydrogen-bond donors (Lipinski definition) is 1. The average Bonchev–Trinajstić information content (AvgIpc) is 2.68. The Morgan fingerprint density at radius 1 is 1.55 bits per heavy atom. The van der Waals surface area contributed by atoms with Crippen molar-refractivity contribution in [1.29, 1.82) is 0 Å². The van der Waals surface area contributed by atoms with E-state index in [1.807, 2.05) is 14.1 Å². The summed E-state index contributed by atoms with van der Waals surface area (Å²) in [5, 5.41) is 3.33. The maximum atomic E-state index is 5.03. The number of aromatic nitrogens is 1. The summed E-state index contributed by atoms with van der Waals surface area (Å²) in [7, 11) is 7.60. The van der Waals surface area contributed by atoms with Gasteiger partial charge in [0.2, 0.25) is 0 Å². The maximum Gasteiger partial charge on any atom is 0.193 e. The van der Waals surface area contributed by atoms with E-state index >= 15 is 0 Å². The zero-order valence-corrected chi connectivity index (χ0v) is 16.4. The van der Waals surface area contributed by atoms with Crippen LogP contribution in [0.4, 0.5) is 0 Å². The molecule has 0 bridgehead atoms. The van der Waals surface area contributed by atoms with Crippen molar-refractivity contribution < 1.29 is 4.74 Å². The summed E-state index contributed by atoms with van der Waals surface area (Å²) in [5.41, 5.74) is 1.23. The molecular formula is C13H24BrIN4O. The van der Waals surface area contributed by atoms with Gasteiger partial charge in [-0.1, -0.05) is 0 Å². The molecule has 0 aliphatic carbocycles. The van der Waals surface area contributed by atoms with Crippen LogP contribution in [0.1, 0.15) is 12.1 Å². The van der Waals surface area contributed by atoms with E-state index in [4.69, 9.17) is 4.74 Å². The lowest BCUT2D eigenvalue weighted by Gasteiger charge is -2.22. The van der Waals surface area contributed by atoms with E-state index in [1.165, 1.54) is 5.69 Å². The summed E-state index contributed by atoms with van der Waals surface area (Å²) >= 11 is 3.49. The quantitative estimate of drug-likeness (QED) is 0.308. The molecule has 20 heavy (non-hydrogen) atoms. The van der Waals surface area contributed by atoms with Gasteiger partial charge >= 0.3 is 0 Å². The van der Waals surface area contributed by atoms with Gasteiger partial charge in [-0.3, -0.25) is 4.99 Å². The highest BCUT2D eigenvalue weighted by atomic mass is 127. The topological polar surface area (TPSA) is 41.8 Å². The monoisotopic (exact) mass is 458 g/mol. The van der Waals surface area contributed by atoms with Crippen LogP contribution < -0.4 is 5.32 Å². The summed E-state index contributed by atoms with van der Waals surface area (Å²) in [5.74, 6) is 0.897. The Balaban J connectivity index is 0.00000361. The molecule has 0 aliphatic heterocycles. The fraction of sp³-hybridized carbons (Fsp3) is 0.615. The molecule has 7 heteroatoms. The number of nitrogens with one attached hydrogen (secondary N) is 1. The summed E-state index contributed by atoms with van der Waals surface area (Å²) in [6.45, 7) is 2.44. The molecule has 0 radical (unpaired) electrons. The number of aliphatic imine (C=N–C) groups is 1. The van der Waals surface area contributed by atoms with Crippen LogP contribution in [0.25, 0.3) is 0 Å². The van der Waals surface area contributed by atoms with Crippen LogP contribution in [-0.4, -0.2) is 49.8 Å². The van der Waals surface area contributed by atoms with Gasteiger partial charge in [0.05, 0.1) is 6.54 Å². The van der Waals surface area contributed by atoms with Crippen LogP contribution >= 0.6 is 39.9 Å². The van der Waals surface area contributed by atoms with E-state index in [2.05, 4.69) is 48.0 Å². The number of hydrogen-bond acceptors (Lipinski definition) is 2. The summed E-state index contributed by atoms with van der Waals surface area (Å²) in [6.07, 6.45) is 3.02. The number of halogens is 2. The molecule has 0 aliphatic rings. The Labute approximate surface area is 146 Å². The predicted octanol–water partition coefficient (Wildman–Crippen LogP) is 2.45. The normalized spacial score (nSPS) is 11.2. The minimum Gasteiger partial charge on any atom is -0.385 e. The highest BCUT2D eigenvalue weighted by Gasteiger charge is 2.09. The van der Waals surface area contributed by atoms with Gasteiger partial charge in [0, 0.05) is 57.8 Å². The van der Waals surface area contributed by atoms with Crippen molar-refractivity contribution in [2.45, 2.75) is 13.0 Å². The first-order valence-corrected chi connectivity index (χ1v) is 7.09. The smallest absolute Gasteiger partial charge is 0.193 e. The van der Waals surface area contributed by atoms with Crippen LogP contribution in [0, 0.1) is 0 Å². The molecule has 1 aromatic heterocycles. The number of aryl methyl sites for hydroxylation is 1. The van der Waals surface area contributed by atoms with Gasteiger partial charge in [0.1, 0.15) is 0 Å². The van der Waals surface area contributed by atoms with E-state index in [0.29, 0.717) is 0 Å². The highest BCUT2D eigenvalue weighted by molar-refractivity contribution is 14.0. The van der Waals surface area contributed by atoms with Gasteiger partial charge in [-0.15, -0.1) is 24.0 Å². The largest absolute Gasteiger partial charge is 0.385 e. The van der Waals surface area contributed by atoms with Crippen molar-refractivity contribution >= 4 is 45.9 Å². The molecule has 0 spiro atoms. The average molecular weight is 459 g/mol. The van der Waals surface area contributed by atoms with E-state index < -0.39 is 0 Å². The van der Waals surface area contributed by atoms with Crippen molar-refractivity contribution in [2.24, 2.45) is 12.0 Å². The van der Waals surface area contributed by atoms with Crippen molar-refractivity contribution in [1.82, 2.24) is 14.8 Å². The second-order valence-electron chi connectivity index (χ2n) is 4.44. The first kappa shape index (κ1) is 19.7. The molecule has 5 nitrogen and oxygen atoms in total. The van der Waals surface area contributed by atoms with Crippen molar-refractivity contribution in [3.05, 3.63) is 22.4 Å². The molecule has 0 atom stereocenters. The Morgan fingerprint density at radius 3 is 2.75 bits per heavy atom. The minimum absolute atomic E-state index is 0. The molecule has 1 heterocycles. The molecule has 1 rings (SSSR count). The third-order valence-corrected chi connectivity index (χ3v) is 3.29. The molecule has 0 saturated carbocycles. The molecule has 0 aromatic carbocycles. The Morgan fingerprint density at radius 2 is 2.25 bits per heavy atom. The lowest BCUT2D eigenvalue weighted by molar-refractivity contribution is 0.195. The van der Waals surface area contributed by atoms with Crippen LogP contribution in [-0.2, 0) is 18.3 Å². The first-order valence-electron chi connectivity index (χ1n) is 6.30. The number of guanidine groups is 1. The minimum atomic E-state index is 0. The molecule has 116 valence electrons. The van der Waals surface area contributed by atoms with Gasteiger partial charge in [-0.05, 0) is 28.4 Å². The zero-order valence-electron chi connectivity index (χ0n) is 12.5. The summed E-state index contributed by atoms with van der Waals surface area (Å²) < 4.78 is 8.24. The van der Waals surface area contributed by atoms with E-state index in [1.54, 1.807) is 14.2 Å². The maximum absolute atomic E-state index is 5.03.